The van der Waals surface area contributed by atoms with Gasteiger partial charge >= 0.3 is 6.18 Å². The van der Waals surface area contributed by atoms with Crippen molar-refractivity contribution in [3.63, 3.8) is 0 Å². The summed E-state index contributed by atoms with van der Waals surface area (Å²) in [5.74, 6) is -1.00. The van der Waals surface area contributed by atoms with Crippen molar-refractivity contribution in [1.29, 1.82) is 0 Å². The minimum atomic E-state index is -4.68. The van der Waals surface area contributed by atoms with Crippen molar-refractivity contribution in [2.75, 3.05) is 7.11 Å². The number of fused-ring (bicyclic) bond motifs is 2. The van der Waals surface area contributed by atoms with Crippen LogP contribution in [0, 0.1) is 11.2 Å². The number of nitrogens with zero attached hydrogens (tertiary/aromatic N) is 6. The largest absolute Gasteiger partial charge is 0.427 e. The van der Waals surface area contributed by atoms with Crippen LogP contribution in [0.3, 0.4) is 0 Å². The lowest BCUT2D eigenvalue weighted by molar-refractivity contribution is -0.134. The molecule has 1 aromatic carbocycles. The van der Waals surface area contributed by atoms with E-state index in [2.05, 4.69) is 15.2 Å². The van der Waals surface area contributed by atoms with E-state index in [-0.39, 0.29) is 34.2 Å². The summed E-state index contributed by atoms with van der Waals surface area (Å²) in [6.45, 7) is 1.91. The zero-order valence-electron chi connectivity index (χ0n) is 26.2. The maximum atomic E-state index is 14.6. The van der Waals surface area contributed by atoms with E-state index in [1.807, 2.05) is 13.0 Å². The minimum Gasteiger partial charge on any atom is -0.378 e. The van der Waals surface area contributed by atoms with Gasteiger partial charge in [0.05, 0.1) is 34.8 Å². The molecule has 3 heterocycles. The van der Waals surface area contributed by atoms with Crippen molar-refractivity contribution < 1.29 is 35.5 Å². The Hall–Kier alpha value is -3.73. The Kier molecular flexibility index (Phi) is 7.81. The molecular formula is C32H32F4N6O4S2. The summed E-state index contributed by atoms with van der Waals surface area (Å²) in [7, 11) is -0.961. The maximum Gasteiger partial charge on any atom is 0.427 e. The summed E-state index contributed by atoms with van der Waals surface area (Å²) in [5, 5.41) is 8.29. The van der Waals surface area contributed by atoms with Gasteiger partial charge in [0, 0.05) is 32.4 Å². The Morgan fingerprint density at radius 3 is 2.46 bits per heavy atom. The van der Waals surface area contributed by atoms with E-state index in [4.69, 9.17) is 4.74 Å². The number of hydrogen-bond donors (Lipinski definition) is 0. The standard InChI is InChI=1S/C32H32F4N6O4S2/c1-30(46-3)14-24(15-30)42(48(44,45)27-10-11-40(2)39-27)23-7-4-20-12-25-19(17-38-41(25)22-8-5-21(33)6-9-22)13-31(20,16-23)28(43)29-37-18-26(47-29)32(34,35)36/h5-6,8-12,17-18,23-24H,4,7,13-16H2,1-3H3/t23-,24?,30?,31-/m0/s1. The van der Waals surface area contributed by atoms with Gasteiger partial charge in [0.25, 0.3) is 10.0 Å². The second kappa shape index (κ2) is 11.4. The molecule has 2 saturated carbocycles. The van der Waals surface area contributed by atoms with Gasteiger partial charge in [0.1, 0.15) is 10.7 Å². The Bertz CT molecular complexity index is 2030. The molecule has 0 radical (unpaired) electrons. The Morgan fingerprint density at radius 2 is 1.83 bits per heavy atom. The summed E-state index contributed by atoms with van der Waals surface area (Å²) in [6.07, 6.45) is 2.53. The van der Waals surface area contributed by atoms with Gasteiger partial charge in [-0.05, 0) is 87.4 Å². The molecule has 0 unspecified atom stereocenters. The number of carbonyl (C=O) groups excluding carboxylic acids is 1. The molecule has 254 valence electrons. The molecule has 0 aliphatic heterocycles. The van der Waals surface area contributed by atoms with Crippen molar-refractivity contribution in [3.05, 3.63) is 81.5 Å². The van der Waals surface area contributed by atoms with Crippen LogP contribution >= 0.6 is 11.3 Å². The van der Waals surface area contributed by atoms with E-state index in [1.54, 1.807) is 43.4 Å². The predicted molar refractivity (Wildman–Crippen MR) is 167 cm³/mol. The second-order valence-electron chi connectivity index (χ2n) is 13.0. The first-order chi connectivity index (χ1) is 22.6. The number of aryl methyl sites for hydroxylation is 1. The second-order valence-corrected chi connectivity index (χ2v) is 15.8. The summed E-state index contributed by atoms with van der Waals surface area (Å²) in [4.78, 5) is 17.5. The molecule has 48 heavy (non-hydrogen) atoms. The molecule has 2 atom stereocenters. The number of hydrogen-bond acceptors (Lipinski definition) is 8. The third-order valence-corrected chi connectivity index (χ3v) is 12.8. The lowest BCUT2D eigenvalue weighted by atomic mass is 9.60. The quantitative estimate of drug-likeness (QED) is 0.167. The van der Waals surface area contributed by atoms with E-state index in [0.717, 1.165) is 0 Å². The molecule has 3 aliphatic rings. The van der Waals surface area contributed by atoms with Crippen molar-refractivity contribution in [2.45, 2.75) is 74.3 Å². The summed E-state index contributed by atoms with van der Waals surface area (Å²) in [6, 6.07) is 6.08. The third-order valence-electron chi connectivity index (χ3n) is 9.90. The van der Waals surface area contributed by atoms with Crippen molar-refractivity contribution in [3.8, 4) is 5.69 Å². The number of Topliss-reactive ketones (excluding diaryl/α,β-unsaturated/α-hetero) is 1. The van der Waals surface area contributed by atoms with Gasteiger partial charge < -0.3 is 4.74 Å². The summed E-state index contributed by atoms with van der Waals surface area (Å²) < 4.78 is 93.4. The van der Waals surface area contributed by atoms with Crippen LogP contribution in [-0.4, -0.2) is 67.8 Å². The smallest absolute Gasteiger partial charge is 0.378 e. The molecule has 2 fully saturated rings. The van der Waals surface area contributed by atoms with Crippen LogP contribution in [0.1, 0.15) is 65.0 Å². The van der Waals surface area contributed by atoms with Gasteiger partial charge in [-0.2, -0.15) is 27.7 Å². The number of halogens is 4. The SMILES string of the molecule is COC1(C)CC(N([C@H]2CCC3=Cc4c(cnn4-c4ccc(F)cc4)C[C@]3(C(=O)c3ncc(C(F)(F)F)s3)C2)S(=O)(=O)c2ccn(C)n2)C1. The number of ether oxygens (including phenoxy) is 1. The molecule has 0 saturated heterocycles. The summed E-state index contributed by atoms with van der Waals surface area (Å²) >= 11 is 0.286. The third kappa shape index (κ3) is 5.42. The zero-order chi connectivity index (χ0) is 34.2. The minimum absolute atomic E-state index is 0.0199. The van der Waals surface area contributed by atoms with Gasteiger partial charge in [-0.1, -0.05) is 5.57 Å². The molecule has 0 amide bonds. The fourth-order valence-electron chi connectivity index (χ4n) is 7.42. The van der Waals surface area contributed by atoms with E-state index in [1.165, 1.54) is 27.2 Å². The fourth-order valence-corrected chi connectivity index (χ4v) is 10.0. The van der Waals surface area contributed by atoms with Crippen LogP contribution in [0.15, 0.2) is 59.5 Å². The Labute approximate surface area is 278 Å². The molecule has 7 rings (SSSR count). The topological polar surface area (TPSA) is 112 Å². The number of aromatic nitrogens is 5. The van der Waals surface area contributed by atoms with Crippen molar-refractivity contribution in [1.82, 2.24) is 28.9 Å². The van der Waals surface area contributed by atoms with Crippen LogP contribution in [0.5, 0.6) is 0 Å². The first-order valence-corrected chi connectivity index (χ1v) is 17.6. The molecule has 4 aromatic rings. The maximum absolute atomic E-state index is 14.6. The number of sulfonamides is 1. The van der Waals surface area contributed by atoms with Gasteiger partial charge in [-0.25, -0.2) is 22.5 Å². The van der Waals surface area contributed by atoms with E-state index in [9.17, 15) is 30.8 Å². The highest BCUT2D eigenvalue weighted by Gasteiger charge is 2.56. The first-order valence-electron chi connectivity index (χ1n) is 15.3. The highest BCUT2D eigenvalue weighted by atomic mass is 32.2. The monoisotopic (exact) mass is 704 g/mol. The van der Waals surface area contributed by atoms with E-state index in [0.29, 0.717) is 54.4 Å². The highest BCUT2D eigenvalue weighted by molar-refractivity contribution is 7.89. The number of ketones is 1. The normalized spacial score (nSPS) is 25.7. The molecule has 3 aliphatic carbocycles. The number of rotatable bonds is 8. The summed E-state index contributed by atoms with van der Waals surface area (Å²) in [5.41, 5.74) is 0.657. The number of benzene rings is 1. The van der Waals surface area contributed by atoms with Crippen LogP contribution < -0.4 is 0 Å². The number of alkyl halides is 3. The Balaban J connectivity index is 1.33. The number of methoxy groups -OCH3 is 1. The van der Waals surface area contributed by atoms with Crippen LogP contribution in [0.2, 0.25) is 0 Å². The van der Waals surface area contributed by atoms with Crippen molar-refractivity contribution in [2.24, 2.45) is 12.5 Å². The van der Waals surface area contributed by atoms with E-state index >= 15 is 0 Å². The molecule has 16 heteroatoms. The lowest BCUT2D eigenvalue weighted by Gasteiger charge is -2.53. The number of thiazole rings is 1. The van der Waals surface area contributed by atoms with Gasteiger partial charge in [-0.3, -0.25) is 9.48 Å². The predicted octanol–water partition coefficient (Wildman–Crippen LogP) is 5.84. The van der Waals surface area contributed by atoms with E-state index < -0.39 is 55.8 Å². The van der Waals surface area contributed by atoms with Crippen LogP contribution in [0.4, 0.5) is 17.6 Å². The molecular weight excluding hydrogens is 673 g/mol. The van der Waals surface area contributed by atoms with Crippen LogP contribution in [-0.2, 0) is 34.4 Å². The molecule has 3 aromatic heterocycles. The zero-order valence-corrected chi connectivity index (χ0v) is 27.9. The van der Waals surface area contributed by atoms with Gasteiger partial charge in [-0.15, -0.1) is 11.3 Å². The fraction of sp³-hybridized carbons (Fsp3) is 0.438. The molecule has 0 N–H and O–H groups in total. The average Bonchev–Trinajstić information content (AvgIpc) is 3.79. The Morgan fingerprint density at radius 1 is 1.10 bits per heavy atom. The molecule has 0 bridgehead atoms. The number of allylic oxidation sites excluding steroid dienone is 1. The lowest BCUT2D eigenvalue weighted by Crippen LogP contribution is -2.61. The van der Waals surface area contributed by atoms with Gasteiger partial charge in [0.2, 0.25) is 5.78 Å². The average molecular weight is 705 g/mol. The molecule has 0 spiro atoms. The first kappa shape index (κ1) is 32.8. The van der Waals surface area contributed by atoms with Crippen molar-refractivity contribution >= 4 is 33.2 Å². The van der Waals surface area contributed by atoms with Crippen LogP contribution in [0.25, 0.3) is 11.8 Å². The van der Waals surface area contributed by atoms with Gasteiger partial charge in [0.15, 0.2) is 10.0 Å². The number of carbonyl (C=O) groups is 1. The molecule has 10 nitrogen and oxygen atoms in total. The highest BCUT2D eigenvalue weighted by Crippen LogP contribution is 2.53.